The van der Waals surface area contributed by atoms with Crippen molar-refractivity contribution in [2.75, 3.05) is 6.54 Å². The monoisotopic (exact) mass is 252 g/mol. The Balaban J connectivity index is 2.24. The van der Waals surface area contributed by atoms with Crippen molar-refractivity contribution < 1.29 is 14.4 Å². The van der Waals surface area contributed by atoms with E-state index < -0.39 is 0 Å². The first-order valence-corrected chi connectivity index (χ1v) is 5.83. The summed E-state index contributed by atoms with van der Waals surface area (Å²) < 4.78 is 5.10. The molecule has 1 atom stereocenters. The van der Waals surface area contributed by atoms with E-state index in [1.54, 1.807) is 11.8 Å². The molecule has 0 radical (unpaired) electrons. The van der Waals surface area contributed by atoms with E-state index >= 15 is 0 Å². The summed E-state index contributed by atoms with van der Waals surface area (Å²) in [5, 5.41) is 11.8. The Hall–Kier alpha value is -2.05. The van der Waals surface area contributed by atoms with Crippen LogP contribution in [0.1, 0.15) is 35.5 Å². The molecule has 0 aromatic carbocycles. The number of amidine groups is 1. The maximum atomic E-state index is 12.3. The van der Waals surface area contributed by atoms with Crippen LogP contribution in [0.5, 0.6) is 0 Å². The zero-order valence-corrected chi connectivity index (χ0v) is 10.2. The lowest BCUT2D eigenvalue weighted by Gasteiger charge is -2.34. The van der Waals surface area contributed by atoms with Gasteiger partial charge in [-0.3, -0.25) is 4.79 Å². The maximum Gasteiger partial charge on any atom is 0.292 e. The summed E-state index contributed by atoms with van der Waals surface area (Å²) in [6.07, 6.45) is 3.77. The van der Waals surface area contributed by atoms with Gasteiger partial charge in [0.05, 0.1) is 11.7 Å². The number of carbonyl (C=O) groups excluding carboxylic acids is 1. The average Bonchev–Trinajstić information content (AvgIpc) is 2.83. The number of oxime groups is 1. The number of nitrogens with two attached hydrogens (primary N) is 1. The summed E-state index contributed by atoms with van der Waals surface area (Å²) in [6.45, 7) is 2.28. The number of amides is 1. The smallest absolute Gasteiger partial charge is 0.292 e. The van der Waals surface area contributed by atoms with E-state index in [1.807, 2.05) is 0 Å². The second-order valence-electron chi connectivity index (χ2n) is 4.30. The highest BCUT2D eigenvalue weighted by molar-refractivity contribution is 5.97. The lowest BCUT2D eigenvalue weighted by atomic mass is 10.0. The Morgan fingerprint density at radius 1 is 1.67 bits per heavy atom. The van der Waals surface area contributed by atoms with Gasteiger partial charge in [0.25, 0.3) is 5.91 Å². The van der Waals surface area contributed by atoms with Gasteiger partial charge in [-0.05, 0) is 26.2 Å². The number of rotatable bonds is 2. The molecule has 18 heavy (non-hydrogen) atoms. The lowest BCUT2D eigenvalue weighted by molar-refractivity contribution is 0.0643. The second-order valence-corrected chi connectivity index (χ2v) is 4.30. The van der Waals surface area contributed by atoms with Crippen molar-refractivity contribution in [3.8, 4) is 0 Å². The van der Waals surface area contributed by atoms with Gasteiger partial charge in [0.2, 0.25) is 5.76 Å². The molecule has 1 unspecified atom stereocenters. The van der Waals surface area contributed by atoms with Crippen LogP contribution in [0.3, 0.4) is 0 Å². The Bertz CT molecular complexity index is 469. The van der Waals surface area contributed by atoms with Gasteiger partial charge in [-0.25, -0.2) is 4.98 Å². The average molecular weight is 252 g/mol. The normalized spacial score (nSPS) is 21.1. The molecule has 0 saturated carbocycles. The zero-order valence-electron chi connectivity index (χ0n) is 10.2. The van der Waals surface area contributed by atoms with E-state index in [0.29, 0.717) is 18.7 Å². The van der Waals surface area contributed by atoms with Gasteiger partial charge in [0, 0.05) is 6.54 Å². The number of hydrogen-bond acceptors (Lipinski definition) is 5. The van der Waals surface area contributed by atoms with Gasteiger partial charge in [-0.15, -0.1) is 0 Å². The van der Waals surface area contributed by atoms with Crippen molar-refractivity contribution in [3.05, 3.63) is 17.8 Å². The van der Waals surface area contributed by atoms with Crippen molar-refractivity contribution in [2.24, 2.45) is 10.9 Å². The van der Waals surface area contributed by atoms with Crippen LogP contribution in [0, 0.1) is 6.92 Å². The number of aromatic nitrogens is 1. The van der Waals surface area contributed by atoms with E-state index in [2.05, 4.69) is 10.1 Å². The molecular weight excluding hydrogens is 236 g/mol. The van der Waals surface area contributed by atoms with Crippen molar-refractivity contribution in [1.29, 1.82) is 0 Å². The molecule has 2 heterocycles. The molecule has 0 bridgehead atoms. The molecular formula is C11H16N4O3. The number of piperidine rings is 1. The maximum absolute atomic E-state index is 12.3. The van der Waals surface area contributed by atoms with E-state index in [9.17, 15) is 4.79 Å². The molecule has 98 valence electrons. The molecule has 0 spiro atoms. The fourth-order valence-electron chi connectivity index (χ4n) is 2.19. The van der Waals surface area contributed by atoms with Gasteiger partial charge in [0.15, 0.2) is 12.2 Å². The number of nitrogens with zero attached hydrogens (tertiary/aromatic N) is 3. The fraction of sp³-hybridized carbons (Fsp3) is 0.545. The standard InChI is InChI=1S/C11H16N4O3/c1-7-9(18-6-13-7)11(16)15-5-3-2-4-8(15)10(12)14-17/h6,8,17H,2-5H2,1H3,(H2,12,14). The highest BCUT2D eigenvalue weighted by atomic mass is 16.4. The summed E-state index contributed by atoms with van der Waals surface area (Å²) >= 11 is 0. The van der Waals surface area contributed by atoms with Crippen LogP contribution in [-0.2, 0) is 0 Å². The molecule has 0 aliphatic carbocycles. The summed E-state index contributed by atoms with van der Waals surface area (Å²) in [7, 11) is 0. The molecule has 2 rings (SSSR count). The molecule has 1 aliphatic heterocycles. The number of carbonyl (C=O) groups is 1. The van der Waals surface area contributed by atoms with Gasteiger partial charge in [-0.1, -0.05) is 5.16 Å². The van der Waals surface area contributed by atoms with Crippen LogP contribution in [0.25, 0.3) is 0 Å². The van der Waals surface area contributed by atoms with Crippen LogP contribution >= 0.6 is 0 Å². The first kappa shape index (κ1) is 12.4. The van der Waals surface area contributed by atoms with Gasteiger partial charge >= 0.3 is 0 Å². The summed E-state index contributed by atoms with van der Waals surface area (Å²) in [5.74, 6) is 0.00848. The van der Waals surface area contributed by atoms with Crippen molar-refractivity contribution in [3.63, 3.8) is 0 Å². The van der Waals surface area contributed by atoms with Crippen LogP contribution in [-0.4, -0.2) is 39.4 Å². The van der Waals surface area contributed by atoms with Crippen molar-refractivity contribution in [1.82, 2.24) is 9.88 Å². The topological polar surface area (TPSA) is 105 Å². The molecule has 1 fully saturated rings. The van der Waals surface area contributed by atoms with E-state index in [-0.39, 0.29) is 23.5 Å². The molecule has 1 aromatic rings. The molecule has 7 nitrogen and oxygen atoms in total. The fourth-order valence-corrected chi connectivity index (χ4v) is 2.19. The van der Waals surface area contributed by atoms with E-state index in [4.69, 9.17) is 15.4 Å². The van der Waals surface area contributed by atoms with Crippen LogP contribution in [0.15, 0.2) is 16.0 Å². The Morgan fingerprint density at radius 2 is 2.44 bits per heavy atom. The number of hydrogen-bond donors (Lipinski definition) is 2. The summed E-state index contributed by atoms with van der Waals surface area (Å²) in [4.78, 5) is 17.8. The van der Waals surface area contributed by atoms with Crippen LogP contribution < -0.4 is 5.73 Å². The zero-order chi connectivity index (χ0) is 13.1. The SMILES string of the molecule is Cc1ncoc1C(=O)N1CCCCC1C(N)=NO. The number of aryl methyl sites for hydroxylation is 1. The Labute approximate surface area is 104 Å². The molecule has 7 heteroatoms. The first-order valence-electron chi connectivity index (χ1n) is 5.83. The second kappa shape index (κ2) is 5.07. The first-order chi connectivity index (χ1) is 8.65. The minimum absolute atomic E-state index is 0.0558. The molecule has 1 aromatic heterocycles. The predicted molar refractivity (Wildman–Crippen MR) is 63.3 cm³/mol. The van der Waals surface area contributed by atoms with Gasteiger partial charge < -0.3 is 20.3 Å². The molecule has 1 amide bonds. The van der Waals surface area contributed by atoms with Crippen molar-refractivity contribution in [2.45, 2.75) is 32.2 Å². The van der Waals surface area contributed by atoms with Gasteiger partial charge in [-0.2, -0.15) is 0 Å². The third-order valence-electron chi connectivity index (χ3n) is 3.16. The Kier molecular flexibility index (Phi) is 3.50. The highest BCUT2D eigenvalue weighted by Gasteiger charge is 2.32. The molecule has 3 N–H and O–H groups in total. The van der Waals surface area contributed by atoms with Crippen molar-refractivity contribution >= 4 is 11.7 Å². The minimum Gasteiger partial charge on any atom is -0.438 e. The predicted octanol–water partition coefficient (Wildman–Crippen LogP) is 0.724. The minimum atomic E-state index is -0.374. The number of likely N-dealkylation sites (tertiary alicyclic amines) is 1. The molecule has 1 aliphatic rings. The highest BCUT2D eigenvalue weighted by Crippen LogP contribution is 2.20. The van der Waals surface area contributed by atoms with Crippen LogP contribution in [0.4, 0.5) is 0 Å². The Morgan fingerprint density at radius 3 is 3.06 bits per heavy atom. The number of oxazole rings is 1. The van der Waals surface area contributed by atoms with E-state index in [0.717, 1.165) is 12.8 Å². The largest absolute Gasteiger partial charge is 0.438 e. The third kappa shape index (κ3) is 2.15. The lowest BCUT2D eigenvalue weighted by Crippen LogP contribution is -2.50. The van der Waals surface area contributed by atoms with Gasteiger partial charge in [0.1, 0.15) is 0 Å². The third-order valence-corrected chi connectivity index (χ3v) is 3.16. The van der Waals surface area contributed by atoms with E-state index in [1.165, 1.54) is 6.39 Å². The summed E-state index contributed by atoms with van der Waals surface area (Å²) in [6, 6.07) is -0.374. The van der Waals surface area contributed by atoms with Crippen LogP contribution in [0.2, 0.25) is 0 Å². The quantitative estimate of drug-likeness (QED) is 0.349. The summed E-state index contributed by atoms with van der Waals surface area (Å²) in [5.41, 5.74) is 6.17. The molecule has 1 saturated heterocycles.